The Morgan fingerprint density at radius 2 is 2.26 bits per heavy atom. The van der Waals surface area contributed by atoms with Gasteiger partial charge in [-0.05, 0) is 35.6 Å². The van der Waals surface area contributed by atoms with Crippen molar-refractivity contribution in [2.24, 2.45) is 0 Å². The predicted octanol–water partition coefficient (Wildman–Crippen LogP) is 2.43. The molecular weight excluding hydrogens is 236 g/mol. The van der Waals surface area contributed by atoms with Crippen molar-refractivity contribution in [3.05, 3.63) is 41.0 Å². The zero-order chi connectivity index (χ0) is 13.1. The largest absolute Gasteiger partial charge is 0.384 e. The molecule has 2 heterocycles. The molecule has 0 amide bonds. The number of methoxy groups -OCH3 is 1. The zero-order valence-electron chi connectivity index (χ0n) is 11.6. The molecule has 0 aliphatic carbocycles. The molecule has 0 aromatic heterocycles. The second-order valence-electron chi connectivity index (χ2n) is 5.45. The van der Waals surface area contributed by atoms with Crippen LogP contribution >= 0.6 is 0 Å². The summed E-state index contributed by atoms with van der Waals surface area (Å²) in [6.45, 7) is 5.11. The summed E-state index contributed by atoms with van der Waals surface area (Å²) in [5.41, 5.74) is 5.65. The number of ether oxygens (including phenoxy) is 1. The van der Waals surface area contributed by atoms with Crippen LogP contribution in [0.4, 0.5) is 5.69 Å². The van der Waals surface area contributed by atoms with Gasteiger partial charge in [-0.25, -0.2) is 0 Å². The van der Waals surface area contributed by atoms with Crippen LogP contribution in [0.1, 0.15) is 17.5 Å². The maximum atomic E-state index is 5.19. The lowest BCUT2D eigenvalue weighted by atomic mass is 10.1. The Balaban J connectivity index is 1.60. The van der Waals surface area contributed by atoms with Crippen molar-refractivity contribution in [1.29, 1.82) is 0 Å². The smallest absolute Gasteiger partial charge is 0.0673 e. The third-order valence-corrected chi connectivity index (χ3v) is 4.01. The molecule has 0 unspecified atom stereocenters. The number of nitrogens with one attached hydrogen (secondary N) is 1. The minimum atomic E-state index is 0.788. The van der Waals surface area contributed by atoms with Gasteiger partial charge in [0.1, 0.15) is 0 Å². The standard InChI is InChI=1S/C16H22N2O/c1-19-12-13-5-8-18(9-6-13)11-14-2-3-15-4-7-17-16(15)10-14/h2-3,5,10,17H,4,6-9,11-12H2,1H3. The maximum Gasteiger partial charge on any atom is 0.0673 e. The Hall–Kier alpha value is -1.32. The van der Waals surface area contributed by atoms with Crippen LogP contribution in [0.2, 0.25) is 0 Å². The van der Waals surface area contributed by atoms with E-state index in [4.69, 9.17) is 4.74 Å². The minimum absolute atomic E-state index is 0.788. The third-order valence-electron chi connectivity index (χ3n) is 4.01. The van der Waals surface area contributed by atoms with Crippen molar-refractivity contribution < 1.29 is 4.74 Å². The van der Waals surface area contributed by atoms with Gasteiger partial charge in [0.05, 0.1) is 6.61 Å². The fourth-order valence-corrected chi connectivity index (χ4v) is 2.91. The fourth-order valence-electron chi connectivity index (χ4n) is 2.91. The van der Waals surface area contributed by atoms with Gasteiger partial charge in [0.25, 0.3) is 0 Å². The third kappa shape index (κ3) is 2.99. The number of benzene rings is 1. The summed E-state index contributed by atoms with van der Waals surface area (Å²) < 4.78 is 5.19. The van der Waals surface area contributed by atoms with Crippen molar-refractivity contribution in [1.82, 2.24) is 4.90 Å². The maximum absolute atomic E-state index is 5.19. The van der Waals surface area contributed by atoms with Gasteiger partial charge in [0.15, 0.2) is 0 Å². The van der Waals surface area contributed by atoms with Crippen LogP contribution in [-0.2, 0) is 17.7 Å². The number of hydrogen-bond donors (Lipinski definition) is 1. The van der Waals surface area contributed by atoms with Gasteiger partial charge in [-0.2, -0.15) is 0 Å². The lowest BCUT2D eigenvalue weighted by molar-refractivity contribution is 0.210. The minimum Gasteiger partial charge on any atom is -0.384 e. The zero-order valence-corrected chi connectivity index (χ0v) is 11.6. The molecule has 2 aliphatic heterocycles. The van der Waals surface area contributed by atoms with Crippen LogP contribution in [0.3, 0.4) is 0 Å². The first-order chi connectivity index (χ1) is 9.35. The van der Waals surface area contributed by atoms with E-state index in [9.17, 15) is 0 Å². The van der Waals surface area contributed by atoms with E-state index in [-0.39, 0.29) is 0 Å². The molecular formula is C16H22N2O. The van der Waals surface area contributed by atoms with Crippen molar-refractivity contribution in [3.8, 4) is 0 Å². The molecule has 0 atom stereocenters. The van der Waals surface area contributed by atoms with E-state index in [2.05, 4.69) is 34.5 Å². The summed E-state index contributed by atoms with van der Waals surface area (Å²) in [5, 5.41) is 3.45. The molecule has 19 heavy (non-hydrogen) atoms. The molecule has 0 radical (unpaired) electrons. The van der Waals surface area contributed by atoms with Gasteiger partial charge in [0.2, 0.25) is 0 Å². The SMILES string of the molecule is COCC1=CCN(Cc2ccc3c(c2)NCC3)CC1. The molecule has 1 aromatic carbocycles. The highest BCUT2D eigenvalue weighted by molar-refractivity contribution is 5.57. The van der Waals surface area contributed by atoms with Crippen LogP contribution in [0, 0.1) is 0 Å². The van der Waals surface area contributed by atoms with Crippen molar-refractivity contribution in [2.75, 3.05) is 38.7 Å². The lowest BCUT2D eigenvalue weighted by Crippen LogP contribution is -2.29. The van der Waals surface area contributed by atoms with Gasteiger partial charge in [0, 0.05) is 39.0 Å². The second kappa shape index (κ2) is 5.76. The van der Waals surface area contributed by atoms with Gasteiger partial charge >= 0.3 is 0 Å². The van der Waals surface area contributed by atoms with E-state index in [1.54, 1.807) is 7.11 Å². The van der Waals surface area contributed by atoms with Crippen LogP contribution in [0.5, 0.6) is 0 Å². The average molecular weight is 258 g/mol. The molecule has 102 valence electrons. The van der Waals surface area contributed by atoms with Gasteiger partial charge < -0.3 is 10.1 Å². The lowest BCUT2D eigenvalue weighted by Gasteiger charge is -2.26. The summed E-state index contributed by atoms with van der Waals surface area (Å²) in [6.07, 6.45) is 4.62. The molecule has 2 aliphatic rings. The van der Waals surface area contributed by atoms with Gasteiger partial charge in [-0.3, -0.25) is 4.90 Å². The number of nitrogens with zero attached hydrogens (tertiary/aromatic N) is 1. The van der Waals surface area contributed by atoms with E-state index in [1.807, 2.05) is 0 Å². The normalized spacial score (nSPS) is 18.9. The van der Waals surface area contributed by atoms with Crippen LogP contribution < -0.4 is 5.32 Å². The Bertz CT molecular complexity index is 482. The molecule has 3 nitrogen and oxygen atoms in total. The molecule has 0 fully saturated rings. The highest BCUT2D eigenvalue weighted by Gasteiger charge is 2.14. The molecule has 0 saturated heterocycles. The fraction of sp³-hybridized carbons (Fsp3) is 0.500. The molecule has 3 heteroatoms. The summed E-state index contributed by atoms with van der Waals surface area (Å²) in [7, 11) is 1.77. The van der Waals surface area contributed by atoms with Crippen LogP contribution in [0.25, 0.3) is 0 Å². The summed E-state index contributed by atoms with van der Waals surface area (Å²) in [6, 6.07) is 6.87. The molecule has 0 saturated carbocycles. The number of hydrogen-bond acceptors (Lipinski definition) is 3. The first-order valence-corrected chi connectivity index (χ1v) is 7.10. The Kier molecular flexibility index (Phi) is 3.85. The molecule has 3 rings (SSSR count). The summed E-state index contributed by atoms with van der Waals surface area (Å²) >= 11 is 0. The molecule has 1 aromatic rings. The van der Waals surface area contributed by atoms with E-state index >= 15 is 0 Å². The first-order valence-electron chi connectivity index (χ1n) is 7.10. The number of rotatable bonds is 4. The first kappa shape index (κ1) is 12.7. The summed E-state index contributed by atoms with van der Waals surface area (Å²) in [5.74, 6) is 0. The van der Waals surface area contributed by atoms with E-state index in [0.717, 1.165) is 39.2 Å². The Morgan fingerprint density at radius 3 is 3.05 bits per heavy atom. The second-order valence-corrected chi connectivity index (χ2v) is 5.45. The number of anilines is 1. The Labute approximate surface area is 115 Å². The summed E-state index contributed by atoms with van der Waals surface area (Å²) in [4.78, 5) is 2.50. The monoisotopic (exact) mass is 258 g/mol. The number of fused-ring (bicyclic) bond motifs is 1. The van der Waals surface area contributed by atoms with Crippen molar-refractivity contribution >= 4 is 5.69 Å². The quantitative estimate of drug-likeness (QED) is 0.840. The highest BCUT2D eigenvalue weighted by Crippen LogP contribution is 2.24. The topological polar surface area (TPSA) is 24.5 Å². The molecule has 0 bridgehead atoms. The van der Waals surface area contributed by atoms with E-state index in [0.29, 0.717) is 0 Å². The van der Waals surface area contributed by atoms with Gasteiger partial charge in [-0.15, -0.1) is 0 Å². The molecule has 0 spiro atoms. The average Bonchev–Trinajstić information content (AvgIpc) is 2.89. The Morgan fingerprint density at radius 1 is 1.32 bits per heavy atom. The molecule has 1 N–H and O–H groups in total. The van der Waals surface area contributed by atoms with E-state index in [1.165, 1.54) is 28.8 Å². The highest BCUT2D eigenvalue weighted by atomic mass is 16.5. The van der Waals surface area contributed by atoms with Crippen molar-refractivity contribution in [2.45, 2.75) is 19.4 Å². The van der Waals surface area contributed by atoms with Crippen molar-refractivity contribution in [3.63, 3.8) is 0 Å². The van der Waals surface area contributed by atoms with Crippen LogP contribution in [0.15, 0.2) is 29.8 Å². The van der Waals surface area contributed by atoms with Crippen LogP contribution in [-0.4, -0.2) is 38.3 Å². The predicted molar refractivity (Wildman–Crippen MR) is 78.5 cm³/mol. The van der Waals surface area contributed by atoms with Gasteiger partial charge in [-0.1, -0.05) is 18.2 Å². The van der Waals surface area contributed by atoms with E-state index < -0.39 is 0 Å².